The summed E-state index contributed by atoms with van der Waals surface area (Å²) in [6.07, 6.45) is 1.22. The Bertz CT molecular complexity index is 787. The molecule has 26 heavy (non-hydrogen) atoms. The number of hydrogen-bond donors (Lipinski definition) is 0. The molecule has 8 heteroatoms. The number of amides is 3. The summed E-state index contributed by atoms with van der Waals surface area (Å²) in [5, 5.41) is 8.90. The molecule has 136 valence electrons. The molecule has 4 rings (SSSR count). The van der Waals surface area contributed by atoms with Crippen LogP contribution in [-0.2, 0) is 11.3 Å². The number of anilines is 1. The van der Waals surface area contributed by atoms with Crippen molar-refractivity contribution in [2.24, 2.45) is 0 Å². The van der Waals surface area contributed by atoms with E-state index in [1.165, 1.54) is 16.2 Å². The lowest BCUT2D eigenvalue weighted by molar-refractivity contribution is -0.134. The van der Waals surface area contributed by atoms with Crippen molar-refractivity contribution in [3.8, 4) is 0 Å². The van der Waals surface area contributed by atoms with Crippen LogP contribution in [0.15, 0.2) is 35.8 Å². The van der Waals surface area contributed by atoms with Gasteiger partial charge in [-0.15, -0.1) is 10.2 Å². The Kier molecular flexibility index (Phi) is 4.36. The zero-order chi connectivity index (χ0) is 18.1. The van der Waals surface area contributed by atoms with Crippen molar-refractivity contribution < 1.29 is 9.59 Å². The van der Waals surface area contributed by atoms with E-state index in [4.69, 9.17) is 0 Å². The second-order valence-corrected chi connectivity index (χ2v) is 7.46. The Morgan fingerprint density at radius 3 is 2.50 bits per heavy atom. The number of carbonyl (C=O) groups excluding carboxylic acids is 2. The predicted molar refractivity (Wildman–Crippen MR) is 98.9 cm³/mol. The fourth-order valence-corrected chi connectivity index (χ4v) is 4.52. The van der Waals surface area contributed by atoms with Crippen LogP contribution in [0.1, 0.15) is 25.3 Å². The Labute approximate surface area is 156 Å². The molecular weight excluding hydrogens is 350 g/mol. The number of aromatic nitrogens is 2. The summed E-state index contributed by atoms with van der Waals surface area (Å²) in [7, 11) is 0. The number of nitrogens with zero attached hydrogens (tertiary/aromatic N) is 5. The predicted octanol–water partition coefficient (Wildman–Crippen LogP) is 2.36. The third kappa shape index (κ3) is 2.65. The first-order valence-corrected chi connectivity index (χ1v) is 9.72. The van der Waals surface area contributed by atoms with Crippen LogP contribution >= 0.6 is 11.3 Å². The lowest BCUT2D eigenvalue weighted by Gasteiger charge is -2.42. The molecule has 0 radical (unpaired) electrons. The minimum atomic E-state index is -0.746. The zero-order valence-electron chi connectivity index (χ0n) is 14.7. The first-order chi connectivity index (χ1) is 12.7. The van der Waals surface area contributed by atoms with E-state index in [2.05, 4.69) is 15.1 Å². The smallest absolute Gasteiger partial charge is 0.327 e. The molecule has 1 aromatic heterocycles. The monoisotopic (exact) mass is 371 g/mol. The summed E-state index contributed by atoms with van der Waals surface area (Å²) >= 11 is 1.50. The first kappa shape index (κ1) is 17.0. The third-order valence-corrected chi connectivity index (χ3v) is 6.08. The highest BCUT2D eigenvalue weighted by molar-refractivity contribution is 7.13. The number of benzene rings is 1. The number of rotatable bonds is 4. The second kappa shape index (κ2) is 6.68. The van der Waals surface area contributed by atoms with Crippen LogP contribution < -0.4 is 4.90 Å². The van der Waals surface area contributed by atoms with Gasteiger partial charge in [0.05, 0.1) is 0 Å². The van der Waals surface area contributed by atoms with Gasteiger partial charge in [-0.25, -0.2) is 4.79 Å². The molecule has 2 aromatic rings. The quantitative estimate of drug-likeness (QED) is 0.772. The molecule has 1 aromatic carbocycles. The molecule has 2 aliphatic heterocycles. The molecule has 0 saturated carbocycles. The maximum absolute atomic E-state index is 13.1. The average molecular weight is 371 g/mol. The van der Waals surface area contributed by atoms with Gasteiger partial charge in [0.15, 0.2) is 0 Å². The van der Waals surface area contributed by atoms with Crippen LogP contribution in [-0.4, -0.2) is 57.1 Å². The largest absolute Gasteiger partial charge is 0.346 e. The molecule has 0 aliphatic carbocycles. The van der Waals surface area contributed by atoms with Gasteiger partial charge in [-0.2, -0.15) is 0 Å². The molecule has 3 amide bonds. The summed E-state index contributed by atoms with van der Waals surface area (Å²) in [6, 6.07) is 9.69. The van der Waals surface area contributed by atoms with Crippen LogP contribution in [0.2, 0.25) is 0 Å². The Morgan fingerprint density at radius 1 is 1.15 bits per heavy atom. The van der Waals surface area contributed by atoms with Crippen molar-refractivity contribution in [2.45, 2.75) is 31.8 Å². The topological polar surface area (TPSA) is 69.6 Å². The van der Waals surface area contributed by atoms with Gasteiger partial charge in [-0.3, -0.25) is 9.69 Å². The van der Waals surface area contributed by atoms with Crippen LogP contribution in [0.4, 0.5) is 9.93 Å². The van der Waals surface area contributed by atoms with Crippen molar-refractivity contribution >= 4 is 28.4 Å². The van der Waals surface area contributed by atoms with E-state index in [1.54, 1.807) is 10.4 Å². The third-order valence-electron chi connectivity index (χ3n) is 5.33. The van der Waals surface area contributed by atoms with Crippen molar-refractivity contribution in [1.82, 2.24) is 20.0 Å². The van der Waals surface area contributed by atoms with E-state index in [-0.39, 0.29) is 11.9 Å². The highest BCUT2D eigenvalue weighted by Gasteiger charge is 2.57. The molecule has 1 spiro atoms. The molecular formula is C18H21N5O2S. The highest BCUT2D eigenvalue weighted by atomic mass is 32.1. The maximum Gasteiger partial charge on any atom is 0.327 e. The number of imide groups is 1. The van der Waals surface area contributed by atoms with Gasteiger partial charge in [-0.05, 0) is 25.3 Å². The summed E-state index contributed by atoms with van der Waals surface area (Å²) in [4.78, 5) is 31.4. The molecule has 0 bridgehead atoms. The van der Waals surface area contributed by atoms with Crippen LogP contribution in [0, 0.1) is 0 Å². The van der Waals surface area contributed by atoms with Crippen molar-refractivity contribution in [3.63, 3.8) is 0 Å². The van der Waals surface area contributed by atoms with E-state index in [0.29, 0.717) is 39.0 Å². The molecule has 0 atom stereocenters. The van der Waals surface area contributed by atoms with E-state index < -0.39 is 5.54 Å². The van der Waals surface area contributed by atoms with Crippen LogP contribution in [0.3, 0.4) is 0 Å². The van der Waals surface area contributed by atoms with Gasteiger partial charge < -0.3 is 9.80 Å². The van der Waals surface area contributed by atoms with Gasteiger partial charge >= 0.3 is 6.03 Å². The minimum absolute atomic E-state index is 0.0576. The number of carbonyl (C=O) groups is 2. The first-order valence-electron chi connectivity index (χ1n) is 8.84. The fraction of sp³-hybridized carbons (Fsp3) is 0.444. The zero-order valence-corrected chi connectivity index (χ0v) is 15.5. The number of likely N-dealkylation sites (N-methyl/N-ethyl adjacent to an activating group) is 1. The lowest BCUT2D eigenvalue weighted by atomic mass is 9.85. The molecule has 0 N–H and O–H groups in total. The molecule has 0 unspecified atom stereocenters. The van der Waals surface area contributed by atoms with Crippen LogP contribution in [0.5, 0.6) is 0 Å². The van der Waals surface area contributed by atoms with E-state index in [1.807, 2.05) is 37.3 Å². The summed E-state index contributed by atoms with van der Waals surface area (Å²) in [5.41, 5.74) is 2.01. The van der Waals surface area contributed by atoms with Gasteiger partial charge in [0.2, 0.25) is 5.13 Å². The molecule has 2 saturated heterocycles. The second-order valence-electron chi connectivity index (χ2n) is 6.64. The average Bonchev–Trinajstić information content (AvgIpc) is 3.27. The van der Waals surface area contributed by atoms with Gasteiger partial charge in [0, 0.05) is 26.2 Å². The van der Waals surface area contributed by atoms with Crippen LogP contribution in [0.25, 0.3) is 0 Å². The van der Waals surface area contributed by atoms with E-state index in [0.717, 1.165) is 10.7 Å². The Balaban J connectivity index is 1.61. The SMILES string of the molecule is CCN1C(=O)N(Cc2ccccc2)C2(CCN(c3nncs3)CC2)C1=O. The number of hydrogen-bond acceptors (Lipinski definition) is 6. The van der Waals surface area contributed by atoms with Gasteiger partial charge in [0.1, 0.15) is 11.0 Å². The Hall–Kier alpha value is -2.48. The number of piperidine rings is 1. The lowest BCUT2D eigenvalue weighted by Crippen LogP contribution is -2.56. The molecule has 2 fully saturated rings. The summed E-state index contributed by atoms with van der Waals surface area (Å²) < 4.78 is 0. The molecule has 7 nitrogen and oxygen atoms in total. The van der Waals surface area contributed by atoms with E-state index >= 15 is 0 Å². The standard InChI is InChI=1S/C18H21N5O2S/c1-2-22-15(24)18(8-10-21(11-9-18)16-20-19-13-26-16)23(17(22)25)12-14-6-4-3-5-7-14/h3-7,13H,2,8-12H2,1H3. The number of urea groups is 1. The maximum atomic E-state index is 13.1. The van der Waals surface area contributed by atoms with Gasteiger partial charge in [0.25, 0.3) is 5.91 Å². The van der Waals surface area contributed by atoms with Crippen molar-refractivity contribution in [2.75, 3.05) is 24.5 Å². The Morgan fingerprint density at radius 2 is 1.88 bits per heavy atom. The molecule has 3 heterocycles. The van der Waals surface area contributed by atoms with Crippen molar-refractivity contribution in [1.29, 1.82) is 0 Å². The minimum Gasteiger partial charge on any atom is -0.346 e. The van der Waals surface area contributed by atoms with Gasteiger partial charge in [-0.1, -0.05) is 41.7 Å². The van der Waals surface area contributed by atoms with Crippen molar-refractivity contribution in [3.05, 3.63) is 41.4 Å². The summed E-state index contributed by atoms with van der Waals surface area (Å²) in [5.74, 6) is -0.0576. The van der Waals surface area contributed by atoms with E-state index in [9.17, 15) is 9.59 Å². The fourth-order valence-electron chi connectivity index (χ4n) is 3.90. The highest BCUT2D eigenvalue weighted by Crippen LogP contribution is 2.39. The molecule has 2 aliphatic rings. The normalized spacial score (nSPS) is 19.7. The summed E-state index contributed by atoms with van der Waals surface area (Å²) in [6.45, 7) is 4.10.